The number of nitrogens with one attached hydrogen (secondary N) is 1. The molecule has 3 rings (SSSR count). The summed E-state index contributed by atoms with van der Waals surface area (Å²) in [4.78, 5) is 32.1. The first-order chi connectivity index (χ1) is 14.5. The Morgan fingerprint density at radius 2 is 1.97 bits per heavy atom. The van der Waals surface area contributed by atoms with Gasteiger partial charge in [0.25, 0.3) is 0 Å². The first-order valence-corrected chi connectivity index (χ1v) is 11.6. The van der Waals surface area contributed by atoms with Gasteiger partial charge in [-0.05, 0) is 57.6 Å². The summed E-state index contributed by atoms with van der Waals surface area (Å²) < 4.78 is 2.07. The average Bonchev–Trinajstić information content (AvgIpc) is 3.09. The van der Waals surface area contributed by atoms with Gasteiger partial charge in [0.05, 0.1) is 11.0 Å². The second-order valence-corrected chi connectivity index (χ2v) is 8.44. The first kappa shape index (κ1) is 22.3. The zero-order valence-electron chi connectivity index (χ0n) is 18.7. The largest absolute Gasteiger partial charge is 0.356 e. The van der Waals surface area contributed by atoms with Crippen molar-refractivity contribution in [2.75, 3.05) is 13.1 Å². The Kier molecular flexibility index (Phi) is 7.88. The van der Waals surface area contributed by atoms with Crippen LogP contribution in [0.5, 0.6) is 0 Å². The number of hydrogen-bond donors (Lipinski definition) is 1. The lowest BCUT2D eigenvalue weighted by Crippen LogP contribution is -2.43. The molecule has 1 N–H and O–H groups in total. The highest BCUT2D eigenvalue weighted by molar-refractivity contribution is 5.81. The smallest absolute Gasteiger partial charge is 0.242 e. The lowest BCUT2D eigenvalue weighted by molar-refractivity contribution is -0.135. The van der Waals surface area contributed by atoms with Gasteiger partial charge in [-0.25, -0.2) is 4.98 Å². The number of aryl methyl sites for hydroxylation is 1. The van der Waals surface area contributed by atoms with Gasteiger partial charge in [-0.3, -0.25) is 9.59 Å². The summed E-state index contributed by atoms with van der Waals surface area (Å²) in [5, 5.41) is 3.06. The minimum atomic E-state index is 0.0960. The molecule has 1 unspecified atom stereocenters. The maximum absolute atomic E-state index is 13.1. The zero-order chi connectivity index (χ0) is 21.5. The minimum Gasteiger partial charge on any atom is -0.356 e. The maximum atomic E-state index is 13.1. The second-order valence-electron chi connectivity index (χ2n) is 8.44. The molecule has 1 aliphatic heterocycles. The van der Waals surface area contributed by atoms with E-state index in [-0.39, 0.29) is 17.7 Å². The Morgan fingerprint density at radius 1 is 1.20 bits per heavy atom. The van der Waals surface area contributed by atoms with Gasteiger partial charge < -0.3 is 14.8 Å². The molecule has 0 radical (unpaired) electrons. The van der Waals surface area contributed by atoms with Gasteiger partial charge in [0.1, 0.15) is 12.4 Å². The van der Waals surface area contributed by atoms with E-state index in [0.717, 1.165) is 61.9 Å². The van der Waals surface area contributed by atoms with Crippen LogP contribution in [0.15, 0.2) is 24.3 Å². The van der Waals surface area contributed by atoms with Crippen LogP contribution in [0.2, 0.25) is 0 Å². The van der Waals surface area contributed by atoms with Crippen LogP contribution in [-0.2, 0) is 22.6 Å². The van der Waals surface area contributed by atoms with E-state index in [0.29, 0.717) is 19.1 Å². The van der Waals surface area contributed by atoms with E-state index in [2.05, 4.69) is 30.7 Å². The number of piperidine rings is 1. The van der Waals surface area contributed by atoms with Crippen molar-refractivity contribution in [2.45, 2.75) is 78.3 Å². The molecule has 0 saturated carbocycles. The normalized spacial score (nSPS) is 16.9. The van der Waals surface area contributed by atoms with Crippen molar-refractivity contribution in [3.05, 3.63) is 30.1 Å². The van der Waals surface area contributed by atoms with Crippen molar-refractivity contribution >= 4 is 22.8 Å². The number of amides is 2. The molecule has 6 nitrogen and oxygen atoms in total. The molecule has 2 aromatic rings. The number of fused-ring (bicyclic) bond motifs is 1. The van der Waals surface area contributed by atoms with Crippen LogP contribution >= 0.6 is 0 Å². The number of hydrogen-bond acceptors (Lipinski definition) is 3. The molecule has 0 aliphatic carbocycles. The van der Waals surface area contributed by atoms with E-state index in [9.17, 15) is 9.59 Å². The lowest BCUT2D eigenvalue weighted by Gasteiger charge is -2.33. The Morgan fingerprint density at radius 3 is 2.70 bits per heavy atom. The number of nitrogens with zero attached hydrogens (tertiary/aromatic N) is 3. The van der Waals surface area contributed by atoms with Gasteiger partial charge in [0.15, 0.2) is 0 Å². The number of imidazole rings is 1. The molecule has 2 amide bonds. The van der Waals surface area contributed by atoms with Crippen molar-refractivity contribution in [3.63, 3.8) is 0 Å². The Balaban J connectivity index is 1.67. The van der Waals surface area contributed by atoms with E-state index in [4.69, 9.17) is 4.98 Å². The summed E-state index contributed by atoms with van der Waals surface area (Å²) in [6.07, 6.45) is 6.66. The van der Waals surface area contributed by atoms with Gasteiger partial charge in [-0.15, -0.1) is 0 Å². The number of aromatic nitrogens is 2. The molecule has 1 aromatic carbocycles. The van der Waals surface area contributed by atoms with Gasteiger partial charge in [-0.1, -0.05) is 26.0 Å². The summed E-state index contributed by atoms with van der Waals surface area (Å²) in [7, 11) is 0. The lowest BCUT2D eigenvalue weighted by atomic mass is 10.0. The number of para-hydroxylation sites is 2. The molecular formula is C24H36N4O2. The highest BCUT2D eigenvalue weighted by atomic mass is 16.2. The molecule has 164 valence electrons. The summed E-state index contributed by atoms with van der Waals surface area (Å²) in [5.74, 6) is 1.33. The van der Waals surface area contributed by atoms with Crippen molar-refractivity contribution < 1.29 is 9.59 Å². The van der Waals surface area contributed by atoms with Gasteiger partial charge in [-0.2, -0.15) is 0 Å². The maximum Gasteiger partial charge on any atom is 0.242 e. The van der Waals surface area contributed by atoms with Crippen LogP contribution in [0.25, 0.3) is 11.0 Å². The van der Waals surface area contributed by atoms with Crippen LogP contribution < -0.4 is 5.32 Å². The van der Waals surface area contributed by atoms with Crippen LogP contribution in [0.4, 0.5) is 0 Å². The standard InChI is InChI=1S/C24H36N4O2/c1-4-19(5-2)24(30)25-15-10-14-22-26-20-12-6-7-13-21(20)28(22)17-23(29)27-16-9-8-11-18(27)3/h6-7,12-13,18-19H,4-5,8-11,14-17H2,1-3H3,(H,25,30). The molecule has 1 aliphatic rings. The highest BCUT2D eigenvalue weighted by Gasteiger charge is 2.24. The van der Waals surface area contributed by atoms with Crippen LogP contribution in [-0.4, -0.2) is 45.4 Å². The van der Waals surface area contributed by atoms with Gasteiger partial charge in [0, 0.05) is 31.5 Å². The molecule has 6 heteroatoms. The van der Waals surface area contributed by atoms with Crippen LogP contribution in [0.3, 0.4) is 0 Å². The Bertz CT molecular complexity index is 856. The van der Waals surface area contributed by atoms with Crippen molar-refractivity contribution in [1.29, 1.82) is 0 Å². The third kappa shape index (κ3) is 5.21. The van der Waals surface area contributed by atoms with Crippen molar-refractivity contribution in [3.8, 4) is 0 Å². The van der Waals surface area contributed by atoms with E-state index in [1.807, 2.05) is 29.2 Å². The number of rotatable bonds is 9. The molecule has 1 atom stereocenters. The Hall–Kier alpha value is -2.37. The third-order valence-corrected chi connectivity index (χ3v) is 6.38. The molecule has 0 bridgehead atoms. The predicted octanol–water partition coefficient (Wildman–Crippen LogP) is 3.92. The molecule has 1 aromatic heterocycles. The van der Waals surface area contributed by atoms with E-state index < -0.39 is 0 Å². The van der Waals surface area contributed by atoms with Crippen molar-refractivity contribution in [1.82, 2.24) is 19.8 Å². The summed E-state index contributed by atoms with van der Waals surface area (Å²) in [6.45, 7) is 8.07. The fourth-order valence-corrected chi connectivity index (χ4v) is 4.45. The Labute approximate surface area is 180 Å². The van der Waals surface area contributed by atoms with E-state index in [1.165, 1.54) is 6.42 Å². The summed E-state index contributed by atoms with van der Waals surface area (Å²) in [5.41, 5.74) is 1.93. The summed E-state index contributed by atoms with van der Waals surface area (Å²) >= 11 is 0. The fourth-order valence-electron chi connectivity index (χ4n) is 4.45. The van der Waals surface area contributed by atoms with Crippen LogP contribution in [0, 0.1) is 5.92 Å². The monoisotopic (exact) mass is 412 g/mol. The number of carbonyl (C=O) groups is 2. The minimum absolute atomic E-state index is 0.0960. The summed E-state index contributed by atoms with van der Waals surface area (Å²) in [6, 6.07) is 8.32. The predicted molar refractivity (Wildman–Crippen MR) is 120 cm³/mol. The SMILES string of the molecule is CCC(CC)C(=O)NCCCc1nc2ccccc2n1CC(=O)N1CCCCC1C. The molecule has 30 heavy (non-hydrogen) atoms. The molecular weight excluding hydrogens is 376 g/mol. The quantitative estimate of drug-likeness (QED) is 0.635. The molecule has 0 spiro atoms. The van der Waals surface area contributed by atoms with E-state index in [1.54, 1.807) is 0 Å². The average molecular weight is 413 g/mol. The number of likely N-dealkylation sites (tertiary alicyclic amines) is 1. The van der Waals surface area contributed by atoms with Crippen LogP contribution in [0.1, 0.15) is 65.1 Å². The topological polar surface area (TPSA) is 67.2 Å². The first-order valence-electron chi connectivity index (χ1n) is 11.6. The molecule has 1 fully saturated rings. The zero-order valence-corrected chi connectivity index (χ0v) is 18.7. The van der Waals surface area contributed by atoms with E-state index >= 15 is 0 Å². The number of carbonyl (C=O) groups excluding carboxylic acids is 2. The fraction of sp³-hybridized carbons (Fsp3) is 0.625. The van der Waals surface area contributed by atoms with Gasteiger partial charge in [0.2, 0.25) is 11.8 Å². The van der Waals surface area contributed by atoms with Crippen molar-refractivity contribution in [2.24, 2.45) is 5.92 Å². The molecule has 2 heterocycles. The highest BCUT2D eigenvalue weighted by Crippen LogP contribution is 2.20. The second kappa shape index (κ2) is 10.6. The third-order valence-electron chi connectivity index (χ3n) is 6.38. The van der Waals surface area contributed by atoms with Gasteiger partial charge >= 0.3 is 0 Å². The number of benzene rings is 1. The molecule has 1 saturated heterocycles.